The summed E-state index contributed by atoms with van der Waals surface area (Å²) in [6, 6.07) is 4.87. The van der Waals surface area contributed by atoms with Crippen LogP contribution in [0.4, 0.5) is 5.69 Å². The SMILES string of the molecule is COCCNC(=O)COC(=O)c1ccc(N)cc1C. The van der Waals surface area contributed by atoms with Gasteiger partial charge in [0.1, 0.15) is 0 Å². The fraction of sp³-hybridized carbons (Fsp3) is 0.385. The fourth-order valence-electron chi connectivity index (χ4n) is 1.47. The molecule has 0 heterocycles. The van der Waals surface area contributed by atoms with Gasteiger partial charge in [-0.1, -0.05) is 0 Å². The van der Waals surface area contributed by atoms with Crippen LogP contribution in [0, 0.1) is 6.92 Å². The number of amides is 1. The molecule has 0 aliphatic rings. The van der Waals surface area contributed by atoms with Crippen molar-refractivity contribution in [3.63, 3.8) is 0 Å². The molecule has 6 nitrogen and oxygen atoms in total. The van der Waals surface area contributed by atoms with Crippen molar-refractivity contribution >= 4 is 17.6 Å². The van der Waals surface area contributed by atoms with E-state index in [0.29, 0.717) is 30.0 Å². The van der Waals surface area contributed by atoms with E-state index in [-0.39, 0.29) is 12.5 Å². The molecular weight excluding hydrogens is 248 g/mol. The van der Waals surface area contributed by atoms with Crippen LogP contribution < -0.4 is 11.1 Å². The van der Waals surface area contributed by atoms with Crippen LogP contribution in [0.1, 0.15) is 15.9 Å². The highest BCUT2D eigenvalue weighted by molar-refractivity contribution is 5.93. The van der Waals surface area contributed by atoms with Crippen LogP contribution in [0.25, 0.3) is 0 Å². The molecule has 1 amide bonds. The maximum absolute atomic E-state index is 11.7. The first-order valence-corrected chi connectivity index (χ1v) is 5.83. The number of methoxy groups -OCH3 is 1. The lowest BCUT2D eigenvalue weighted by molar-refractivity contribution is -0.124. The number of benzene rings is 1. The van der Waals surface area contributed by atoms with Gasteiger partial charge in [-0.05, 0) is 30.7 Å². The Labute approximate surface area is 111 Å². The Balaban J connectivity index is 2.45. The van der Waals surface area contributed by atoms with Crippen molar-refractivity contribution in [2.45, 2.75) is 6.92 Å². The third kappa shape index (κ3) is 4.97. The first-order valence-electron chi connectivity index (χ1n) is 5.83. The van der Waals surface area contributed by atoms with E-state index in [1.165, 1.54) is 7.11 Å². The number of nitrogens with two attached hydrogens (primary N) is 1. The van der Waals surface area contributed by atoms with E-state index in [0.717, 1.165) is 0 Å². The molecule has 0 bridgehead atoms. The smallest absolute Gasteiger partial charge is 0.338 e. The minimum absolute atomic E-state index is 0.313. The second-order valence-electron chi connectivity index (χ2n) is 3.99. The molecule has 6 heteroatoms. The van der Waals surface area contributed by atoms with E-state index in [4.69, 9.17) is 15.2 Å². The van der Waals surface area contributed by atoms with Gasteiger partial charge in [0, 0.05) is 19.3 Å². The summed E-state index contributed by atoms with van der Waals surface area (Å²) in [5.41, 5.74) is 7.28. The predicted octanol–water partition coefficient (Wildman–Crippen LogP) is 0.497. The molecule has 0 fully saturated rings. The van der Waals surface area contributed by atoms with Gasteiger partial charge < -0.3 is 20.5 Å². The predicted molar refractivity (Wildman–Crippen MR) is 70.8 cm³/mol. The molecule has 0 unspecified atom stereocenters. The maximum Gasteiger partial charge on any atom is 0.338 e. The van der Waals surface area contributed by atoms with Gasteiger partial charge in [-0.2, -0.15) is 0 Å². The Kier molecular flexibility index (Phi) is 5.81. The first kappa shape index (κ1) is 15.0. The Morgan fingerprint density at radius 3 is 2.74 bits per heavy atom. The highest BCUT2D eigenvalue weighted by Gasteiger charge is 2.12. The number of carbonyl (C=O) groups is 2. The third-order valence-electron chi connectivity index (χ3n) is 2.43. The normalized spacial score (nSPS) is 10.0. The van der Waals surface area contributed by atoms with Crippen molar-refractivity contribution in [3.8, 4) is 0 Å². The van der Waals surface area contributed by atoms with Crippen LogP contribution in [0.2, 0.25) is 0 Å². The number of esters is 1. The molecule has 1 aromatic carbocycles. The summed E-state index contributed by atoms with van der Waals surface area (Å²) in [6.07, 6.45) is 0. The second-order valence-corrected chi connectivity index (χ2v) is 3.99. The lowest BCUT2D eigenvalue weighted by atomic mass is 10.1. The van der Waals surface area contributed by atoms with Gasteiger partial charge in [-0.3, -0.25) is 4.79 Å². The fourth-order valence-corrected chi connectivity index (χ4v) is 1.47. The molecule has 0 saturated carbocycles. The molecule has 1 aromatic rings. The van der Waals surface area contributed by atoms with E-state index in [1.807, 2.05) is 0 Å². The Hall–Kier alpha value is -2.08. The van der Waals surface area contributed by atoms with Crippen molar-refractivity contribution in [2.75, 3.05) is 32.6 Å². The Bertz CT molecular complexity index is 460. The van der Waals surface area contributed by atoms with Gasteiger partial charge in [0.25, 0.3) is 5.91 Å². The molecule has 0 aliphatic heterocycles. The maximum atomic E-state index is 11.7. The quantitative estimate of drug-likeness (QED) is 0.444. The van der Waals surface area contributed by atoms with Crippen molar-refractivity contribution in [1.29, 1.82) is 0 Å². The number of nitrogens with one attached hydrogen (secondary N) is 1. The molecule has 3 N–H and O–H groups in total. The number of ether oxygens (including phenoxy) is 2. The van der Waals surface area contributed by atoms with Crippen molar-refractivity contribution in [1.82, 2.24) is 5.32 Å². The molecule has 0 spiro atoms. The number of nitrogen functional groups attached to an aromatic ring is 1. The van der Waals surface area contributed by atoms with E-state index in [9.17, 15) is 9.59 Å². The molecular formula is C13H18N2O4. The van der Waals surface area contributed by atoms with Crippen LogP contribution in [0.3, 0.4) is 0 Å². The molecule has 0 radical (unpaired) electrons. The van der Waals surface area contributed by atoms with E-state index >= 15 is 0 Å². The summed E-state index contributed by atoms with van der Waals surface area (Å²) in [5, 5.41) is 2.55. The summed E-state index contributed by atoms with van der Waals surface area (Å²) >= 11 is 0. The average molecular weight is 266 g/mol. The highest BCUT2D eigenvalue weighted by Crippen LogP contribution is 2.13. The number of carbonyl (C=O) groups excluding carboxylic acids is 2. The lowest BCUT2D eigenvalue weighted by Gasteiger charge is -2.08. The summed E-state index contributed by atoms with van der Waals surface area (Å²) in [4.78, 5) is 23.1. The van der Waals surface area contributed by atoms with Gasteiger partial charge >= 0.3 is 5.97 Å². The minimum Gasteiger partial charge on any atom is -0.452 e. The standard InChI is InChI=1S/C13H18N2O4/c1-9-7-10(14)3-4-11(9)13(17)19-8-12(16)15-5-6-18-2/h3-4,7H,5-6,8,14H2,1-2H3,(H,15,16). The number of hydrogen-bond donors (Lipinski definition) is 2. The number of aryl methyl sites for hydroxylation is 1. The van der Waals surface area contributed by atoms with Gasteiger partial charge in [0.2, 0.25) is 0 Å². The number of rotatable bonds is 6. The average Bonchev–Trinajstić information content (AvgIpc) is 2.36. The minimum atomic E-state index is -0.542. The molecule has 19 heavy (non-hydrogen) atoms. The summed E-state index contributed by atoms with van der Waals surface area (Å²) in [7, 11) is 1.54. The first-order chi connectivity index (χ1) is 9.04. The van der Waals surface area contributed by atoms with Gasteiger partial charge in [-0.25, -0.2) is 4.79 Å². The molecule has 0 atom stereocenters. The zero-order valence-electron chi connectivity index (χ0n) is 11.1. The van der Waals surface area contributed by atoms with Crippen LogP contribution in [-0.4, -0.2) is 38.7 Å². The van der Waals surface area contributed by atoms with Crippen molar-refractivity contribution < 1.29 is 19.1 Å². The number of anilines is 1. The lowest BCUT2D eigenvalue weighted by Crippen LogP contribution is -2.31. The van der Waals surface area contributed by atoms with E-state index < -0.39 is 5.97 Å². The van der Waals surface area contributed by atoms with E-state index in [1.54, 1.807) is 25.1 Å². The van der Waals surface area contributed by atoms with Crippen molar-refractivity contribution in [2.24, 2.45) is 0 Å². The molecule has 104 valence electrons. The van der Waals surface area contributed by atoms with Gasteiger partial charge in [-0.15, -0.1) is 0 Å². The summed E-state index contributed by atoms with van der Waals surface area (Å²) in [5.74, 6) is -0.905. The molecule has 0 aromatic heterocycles. The monoisotopic (exact) mass is 266 g/mol. The molecule has 1 rings (SSSR count). The zero-order chi connectivity index (χ0) is 14.3. The highest BCUT2D eigenvalue weighted by atomic mass is 16.5. The summed E-state index contributed by atoms with van der Waals surface area (Å²) < 4.78 is 9.69. The summed E-state index contributed by atoms with van der Waals surface area (Å²) in [6.45, 7) is 2.24. The topological polar surface area (TPSA) is 90.6 Å². The molecule has 0 saturated heterocycles. The van der Waals surface area contributed by atoms with Gasteiger partial charge in [0.15, 0.2) is 6.61 Å². The largest absolute Gasteiger partial charge is 0.452 e. The number of hydrogen-bond acceptors (Lipinski definition) is 5. The van der Waals surface area contributed by atoms with E-state index in [2.05, 4.69) is 5.32 Å². The van der Waals surface area contributed by atoms with Crippen LogP contribution in [0.15, 0.2) is 18.2 Å². The second kappa shape index (κ2) is 7.38. The van der Waals surface area contributed by atoms with Crippen LogP contribution in [-0.2, 0) is 14.3 Å². The van der Waals surface area contributed by atoms with Crippen LogP contribution in [0.5, 0.6) is 0 Å². The Morgan fingerprint density at radius 2 is 2.11 bits per heavy atom. The molecule has 0 aliphatic carbocycles. The van der Waals surface area contributed by atoms with Crippen LogP contribution >= 0.6 is 0 Å². The zero-order valence-corrected chi connectivity index (χ0v) is 11.1. The third-order valence-corrected chi connectivity index (χ3v) is 2.43. The van der Waals surface area contributed by atoms with Gasteiger partial charge in [0.05, 0.1) is 12.2 Å². The van der Waals surface area contributed by atoms with Crippen molar-refractivity contribution in [3.05, 3.63) is 29.3 Å². The Morgan fingerprint density at radius 1 is 1.37 bits per heavy atom.